The number of anilines is 5. The van der Waals surface area contributed by atoms with Crippen LogP contribution in [-0.2, 0) is 23.9 Å². The van der Waals surface area contributed by atoms with Gasteiger partial charge in [0, 0.05) is 56.4 Å². The minimum absolute atomic E-state index is 0.00786. The van der Waals surface area contributed by atoms with Crippen LogP contribution in [0.5, 0.6) is 5.75 Å². The fourth-order valence-electron chi connectivity index (χ4n) is 4.57. The largest absolute Gasteiger partial charge is 0.492 e. The summed E-state index contributed by atoms with van der Waals surface area (Å²) in [6, 6.07) is 10.9. The maximum Gasteiger partial charge on any atom is 0.421 e. The Bertz CT molecular complexity index is 1330. The van der Waals surface area contributed by atoms with Crippen LogP contribution in [0.15, 0.2) is 42.6 Å². The van der Waals surface area contributed by atoms with Crippen LogP contribution in [0.4, 0.5) is 42.0 Å². The molecule has 200 valence electrons. The molecule has 4 N–H and O–H groups in total. The number of piperazine rings is 1. The van der Waals surface area contributed by atoms with E-state index in [0.29, 0.717) is 29.3 Å². The number of ether oxygens (including phenoxy) is 1. The number of alkyl halides is 3. The molecule has 0 aliphatic carbocycles. The molecule has 1 aromatic heterocycles. The fraction of sp³-hybridized carbons (Fsp3) is 0.346. The first-order valence-corrected chi connectivity index (χ1v) is 12.4. The number of benzene rings is 2. The zero-order valence-corrected chi connectivity index (χ0v) is 20.8. The molecule has 0 saturated carbocycles. The average Bonchev–Trinajstić information content (AvgIpc) is 3.29. The standard InChI is InChI=1S/C26H28F3N7O2/c1-2-38-22-12-17(36-10-8-30-9-11-36)6-7-21(22)34-25-32-15-19(26(27,28)29)24(35-25)31-14-16-4-3-5-20-18(16)13-23(37)33-20/h3-7,12,15,30H,2,8-11,13-14H2,1H3,(H,33,37)(H2,31,32,34,35). The third-order valence-corrected chi connectivity index (χ3v) is 6.42. The van der Waals surface area contributed by atoms with Crippen LogP contribution < -0.4 is 30.9 Å². The van der Waals surface area contributed by atoms with Crippen molar-refractivity contribution in [2.75, 3.05) is 53.6 Å². The first-order valence-electron chi connectivity index (χ1n) is 12.4. The summed E-state index contributed by atoms with van der Waals surface area (Å²) in [7, 11) is 0. The van der Waals surface area contributed by atoms with Gasteiger partial charge in [0.1, 0.15) is 17.1 Å². The molecule has 2 aliphatic heterocycles. The van der Waals surface area contributed by atoms with Crippen molar-refractivity contribution in [1.82, 2.24) is 15.3 Å². The van der Waals surface area contributed by atoms with Crippen LogP contribution in [0.1, 0.15) is 23.6 Å². The molecule has 5 rings (SSSR count). The minimum Gasteiger partial charge on any atom is -0.492 e. The van der Waals surface area contributed by atoms with E-state index >= 15 is 0 Å². The lowest BCUT2D eigenvalue weighted by atomic mass is 10.0. The highest BCUT2D eigenvalue weighted by atomic mass is 19.4. The second-order valence-corrected chi connectivity index (χ2v) is 8.95. The number of carbonyl (C=O) groups is 1. The molecule has 0 atom stereocenters. The van der Waals surface area contributed by atoms with Gasteiger partial charge in [-0.15, -0.1) is 0 Å². The summed E-state index contributed by atoms with van der Waals surface area (Å²) in [5, 5.41) is 11.9. The van der Waals surface area contributed by atoms with Gasteiger partial charge in [-0.2, -0.15) is 18.2 Å². The van der Waals surface area contributed by atoms with E-state index in [-0.39, 0.29) is 30.6 Å². The summed E-state index contributed by atoms with van der Waals surface area (Å²) >= 11 is 0. The normalized spacial score (nSPS) is 15.2. The number of nitrogens with zero attached hydrogens (tertiary/aromatic N) is 3. The van der Waals surface area contributed by atoms with Crippen molar-refractivity contribution in [3.8, 4) is 5.75 Å². The predicted molar refractivity (Wildman–Crippen MR) is 139 cm³/mol. The number of hydrogen-bond acceptors (Lipinski definition) is 8. The Labute approximate surface area is 217 Å². The molecule has 12 heteroatoms. The highest BCUT2D eigenvalue weighted by molar-refractivity contribution is 5.99. The average molecular weight is 528 g/mol. The molecule has 1 saturated heterocycles. The molecule has 2 aliphatic rings. The van der Waals surface area contributed by atoms with E-state index in [0.717, 1.165) is 43.6 Å². The lowest BCUT2D eigenvalue weighted by Crippen LogP contribution is -2.43. The third kappa shape index (κ3) is 5.59. The molecule has 3 heterocycles. The van der Waals surface area contributed by atoms with Crippen molar-refractivity contribution in [2.45, 2.75) is 26.1 Å². The van der Waals surface area contributed by atoms with Crippen LogP contribution in [0.3, 0.4) is 0 Å². The molecule has 2 aromatic carbocycles. The van der Waals surface area contributed by atoms with Crippen LogP contribution in [0.25, 0.3) is 0 Å². The topological polar surface area (TPSA) is 103 Å². The molecule has 1 fully saturated rings. The Balaban J connectivity index is 1.40. The molecule has 0 bridgehead atoms. The van der Waals surface area contributed by atoms with E-state index in [2.05, 4.69) is 36.1 Å². The van der Waals surface area contributed by atoms with Gasteiger partial charge in [-0.3, -0.25) is 4.79 Å². The lowest BCUT2D eigenvalue weighted by molar-refractivity contribution is -0.137. The van der Waals surface area contributed by atoms with E-state index in [4.69, 9.17) is 4.74 Å². The van der Waals surface area contributed by atoms with E-state index in [1.807, 2.05) is 25.1 Å². The molecule has 9 nitrogen and oxygen atoms in total. The first-order chi connectivity index (χ1) is 18.3. The third-order valence-electron chi connectivity index (χ3n) is 6.42. The molecule has 38 heavy (non-hydrogen) atoms. The molecule has 0 radical (unpaired) electrons. The summed E-state index contributed by atoms with van der Waals surface area (Å²) in [6.07, 6.45) is -3.72. The quantitative estimate of drug-likeness (QED) is 0.347. The van der Waals surface area contributed by atoms with Gasteiger partial charge in [-0.1, -0.05) is 12.1 Å². The van der Waals surface area contributed by atoms with Crippen LogP contribution in [0.2, 0.25) is 0 Å². The van der Waals surface area contributed by atoms with Crippen LogP contribution >= 0.6 is 0 Å². The van der Waals surface area contributed by atoms with Gasteiger partial charge in [0.2, 0.25) is 11.9 Å². The van der Waals surface area contributed by atoms with Gasteiger partial charge in [0.05, 0.1) is 18.7 Å². The Morgan fingerprint density at radius 2 is 1.97 bits per heavy atom. The molecule has 0 unspecified atom stereocenters. The fourth-order valence-corrected chi connectivity index (χ4v) is 4.57. The summed E-state index contributed by atoms with van der Waals surface area (Å²) in [6.45, 7) is 5.84. The maximum atomic E-state index is 13.8. The molecular weight excluding hydrogens is 499 g/mol. The molecule has 0 spiro atoms. The SMILES string of the molecule is CCOc1cc(N2CCNCC2)ccc1Nc1ncc(C(F)(F)F)c(NCc2cccc3c2CC(=O)N3)n1. The first kappa shape index (κ1) is 25.6. The van der Waals surface area contributed by atoms with E-state index in [1.165, 1.54) is 0 Å². The number of aromatic nitrogens is 2. The number of halogens is 3. The van der Waals surface area contributed by atoms with Gasteiger partial charge in [-0.25, -0.2) is 4.98 Å². The van der Waals surface area contributed by atoms with Gasteiger partial charge >= 0.3 is 6.18 Å². The number of nitrogens with one attached hydrogen (secondary N) is 4. The van der Waals surface area contributed by atoms with Crippen molar-refractivity contribution in [2.24, 2.45) is 0 Å². The van der Waals surface area contributed by atoms with E-state index in [1.54, 1.807) is 18.2 Å². The summed E-state index contributed by atoms with van der Waals surface area (Å²) in [5.41, 5.74) is 2.70. The summed E-state index contributed by atoms with van der Waals surface area (Å²) < 4.78 is 47.1. The van der Waals surface area contributed by atoms with Gasteiger partial charge in [-0.05, 0) is 36.2 Å². The van der Waals surface area contributed by atoms with Crippen LogP contribution in [0, 0.1) is 0 Å². The molecular formula is C26H28F3N7O2. The smallest absolute Gasteiger partial charge is 0.421 e. The molecule has 3 aromatic rings. The molecule has 1 amide bonds. The maximum absolute atomic E-state index is 13.8. The van der Waals surface area contributed by atoms with Gasteiger partial charge in [0.25, 0.3) is 0 Å². The van der Waals surface area contributed by atoms with E-state index in [9.17, 15) is 18.0 Å². The number of rotatable bonds is 8. The van der Waals surface area contributed by atoms with E-state index < -0.39 is 11.7 Å². The number of hydrogen-bond donors (Lipinski definition) is 4. The second kappa shape index (κ2) is 10.7. The van der Waals surface area contributed by atoms with Crippen LogP contribution in [-0.4, -0.2) is 48.7 Å². The van der Waals surface area contributed by atoms with Crippen molar-refractivity contribution >= 4 is 34.7 Å². The predicted octanol–water partition coefficient (Wildman–Crippen LogP) is 4.15. The number of carbonyl (C=O) groups excluding carboxylic acids is 1. The van der Waals surface area contributed by atoms with Gasteiger partial charge < -0.3 is 30.9 Å². The van der Waals surface area contributed by atoms with Gasteiger partial charge in [0.15, 0.2) is 0 Å². The zero-order chi connectivity index (χ0) is 26.7. The minimum atomic E-state index is -4.65. The summed E-state index contributed by atoms with van der Waals surface area (Å²) in [5.74, 6) is 0.0374. The van der Waals surface area contributed by atoms with Crippen molar-refractivity contribution < 1.29 is 22.7 Å². The monoisotopic (exact) mass is 527 g/mol. The Kier molecular flexibility index (Phi) is 7.23. The van der Waals surface area contributed by atoms with Crippen molar-refractivity contribution in [3.05, 3.63) is 59.3 Å². The highest BCUT2D eigenvalue weighted by Crippen LogP contribution is 2.36. The van der Waals surface area contributed by atoms with Crippen molar-refractivity contribution in [1.29, 1.82) is 0 Å². The summed E-state index contributed by atoms with van der Waals surface area (Å²) in [4.78, 5) is 22.1. The Morgan fingerprint density at radius 3 is 2.74 bits per heavy atom. The Hall–Kier alpha value is -4.06. The number of fused-ring (bicyclic) bond motifs is 1. The van der Waals surface area contributed by atoms with Crippen molar-refractivity contribution in [3.63, 3.8) is 0 Å². The Morgan fingerprint density at radius 1 is 1.16 bits per heavy atom. The lowest BCUT2D eigenvalue weighted by Gasteiger charge is -2.30. The zero-order valence-electron chi connectivity index (χ0n) is 20.8. The second-order valence-electron chi connectivity index (χ2n) is 8.95. The highest BCUT2D eigenvalue weighted by Gasteiger charge is 2.35. The number of amides is 1.